The van der Waals surface area contributed by atoms with Crippen LogP contribution in [0.1, 0.15) is 49.9 Å². The van der Waals surface area contributed by atoms with Crippen molar-refractivity contribution in [2.45, 2.75) is 64.2 Å². The topological polar surface area (TPSA) is 62.6 Å². The molecule has 1 aromatic rings. The van der Waals surface area contributed by atoms with Gasteiger partial charge in [0.05, 0.1) is 37.7 Å². The number of carbonyl (C=O) groups excluding carboxylic acids is 1. The van der Waals surface area contributed by atoms with Gasteiger partial charge >= 0.3 is 0 Å². The Morgan fingerprint density at radius 1 is 1.11 bits per heavy atom. The number of carbonyl (C=O) groups is 1. The second kappa shape index (κ2) is 9.17. The van der Waals surface area contributed by atoms with Crippen LogP contribution in [0.25, 0.3) is 0 Å². The van der Waals surface area contributed by atoms with Crippen molar-refractivity contribution in [1.82, 2.24) is 24.9 Å². The van der Waals surface area contributed by atoms with Crippen LogP contribution < -0.4 is 5.32 Å². The molecular weight excluding hydrogens is 342 g/mol. The van der Waals surface area contributed by atoms with E-state index in [1.807, 2.05) is 0 Å². The zero-order valence-electron chi connectivity index (χ0n) is 16.4. The first-order valence-electron chi connectivity index (χ1n) is 10.6. The average molecular weight is 376 g/mol. The summed E-state index contributed by atoms with van der Waals surface area (Å²) in [6, 6.07) is 2.94. The number of ether oxygens (including phenoxy) is 1. The van der Waals surface area contributed by atoms with Crippen LogP contribution in [0, 0.1) is 0 Å². The number of nitrogens with one attached hydrogen (secondary N) is 1. The first kappa shape index (κ1) is 18.9. The Morgan fingerprint density at radius 2 is 1.93 bits per heavy atom. The van der Waals surface area contributed by atoms with Crippen molar-refractivity contribution in [2.24, 2.45) is 0 Å². The average Bonchev–Trinajstić information content (AvgIpc) is 2.98. The number of hydrogen-bond acceptors (Lipinski definition) is 5. The van der Waals surface area contributed by atoms with Crippen molar-refractivity contribution in [3.05, 3.63) is 17.5 Å². The molecule has 3 heterocycles. The van der Waals surface area contributed by atoms with Gasteiger partial charge < -0.3 is 10.1 Å². The summed E-state index contributed by atoms with van der Waals surface area (Å²) in [5.74, 6) is 0.0731. The monoisotopic (exact) mass is 375 g/mol. The second-order valence-corrected chi connectivity index (χ2v) is 8.13. The van der Waals surface area contributed by atoms with Crippen molar-refractivity contribution in [1.29, 1.82) is 0 Å². The van der Waals surface area contributed by atoms with Crippen molar-refractivity contribution >= 4 is 5.91 Å². The molecule has 0 unspecified atom stereocenters. The third-order valence-electron chi connectivity index (χ3n) is 6.12. The van der Waals surface area contributed by atoms with Gasteiger partial charge in [0.2, 0.25) is 5.91 Å². The Hall–Kier alpha value is -1.44. The number of rotatable bonds is 5. The highest BCUT2D eigenvalue weighted by Gasteiger charge is 2.24. The maximum atomic E-state index is 12.2. The molecule has 7 nitrogen and oxygen atoms in total. The van der Waals surface area contributed by atoms with Gasteiger partial charge in [0.15, 0.2) is 0 Å². The van der Waals surface area contributed by atoms with Crippen LogP contribution in [0.2, 0.25) is 0 Å². The minimum Gasteiger partial charge on any atom is -0.379 e. The van der Waals surface area contributed by atoms with Crippen molar-refractivity contribution < 1.29 is 9.53 Å². The van der Waals surface area contributed by atoms with Crippen LogP contribution in [-0.2, 0) is 29.2 Å². The fraction of sp³-hybridized carbons (Fsp3) is 0.800. The van der Waals surface area contributed by atoms with Crippen LogP contribution in [0.3, 0.4) is 0 Å². The smallest absolute Gasteiger partial charge is 0.234 e. The summed E-state index contributed by atoms with van der Waals surface area (Å²) in [6.07, 6.45) is 8.00. The van der Waals surface area contributed by atoms with E-state index in [1.54, 1.807) is 0 Å². The number of amides is 1. The molecule has 150 valence electrons. The third-order valence-corrected chi connectivity index (χ3v) is 6.12. The fourth-order valence-electron chi connectivity index (χ4n) is 4.60. The summed E-state index contributed by atoms with van der Waals surface area (Å²) < 4.78 is 7.49. The lowest BCUT2D eigenvalue weighted by Crippen LogP contribution is -2.43. The van der Waals surface area contributed by atoms with E-state index in [2.05, 4.69) is 25.9 Å². The quantitative estimate of drug-likeness (QED) is 0.842. The van der Waals surface area contributed by atoms with E-state index >= 15 is 0 Å². The maximum absolute atomic E-state index is 12.2. The summed E-state index contributed by atoms with van der Waals surface area (Å²) in [4.78, 5) is 17.0. The fourth-order valence-corrected chi connectivity index (χ4v) is 4.60. The zero-order chi connectivity index (χ0) is 18.5. The lowest BCUT2D eigenvalue weighted by Gasteiger charge is -2.33. The number of nitrogens with zero attached hydrogens (tertiary/aromatic N) is 4. The number of aromatic nitrogens is 2. The van der Waals surface area contributed by atoms with Crippen LogP contribution in [-0.4, -0.2) is 70.9 Å². The lowest BCUT2D eigenvalue weighted by molar-refractivity contribution is -0.123. The third kappa shape index (κ3) is 5.09. The van der Waals surface area contributed by atoms with Gasteiger partial charge in [0.1, 0.15) is 0 Å². The summed E-state index contributed by atoms with van der Waals surface area (Å²) in [6.45, 7) is 7.25. The normalized spacial score (nSPS) is 23.0. The molecule has 2 fully saturated rings. The molecule has 0 spiro atoms. The highest BCUT2D eigenvalue weighted by Crippen LogP contribution is 2.25. The van der Waals surface area contributed by atoms with Crippen molar-refractivity contribution in [2.75, 3.05) is 39.4 Å². The summed E-state index contributed by atoms with van der Waals surface area (Å²) in [5, 5.41) is 7.79. The van der Waals surface area contributed by atoms with Gasteiger partial charge in [-0.2, -0.15) is 5.10 Å². The molecule has 1 N–H and O–H groups in total. The molecule has 1 aromatic heterocycles. The molecule has 1 aliphatic carbocycles. The molecule has 3 aliphatic rings. The first-order chi connectivity index (χ1) is 13.3. The van der Waals surface area contributed by atoms with E-state index in [0.29, 0.717) is 13.1 Å². The maximum Gasteiger partial charge on any atom is 0.234 e. The largest absolute Gasteiger partial charge is 0.379 e. The van der Waals surface area contributed by atoms with Gasteiger partial charge in [-0.25, -0.2) is 0 Å². The van der Waals surface area contributed by atoms with Crippen LogP contribution in [0.15, 0.2) is 6.07 Å². The molecule has 0 aromatic carbocycles. The molecule has 0 atom stereocenters. The van der Waals surface area contributed by atoms with Crippen LogP contribution in [0.4, 0.5) is 0 Å². The highest BCUT2D eigenvalue weighted by molar-refractivity contribution is 5.77. The molecule has 7 heteroatoms. The summed E-state index contributed by atoms with van der Waals surface area (Å²) >= 11 is 0. The molecule has 1 saturated carbocycles. The Bertz CT molecular complexity index is 620. The van der Waals surface area contributed by atoms with E-state index in [4.69, 9.17) is 9.84 Å². The second-order valence-electron chi connectivity index (χ2n) is 8.13. The molecule has 4 rings (SSSR count). The minimum atomic E-state index is 0.0731. The Labute approximate surface area is 162 Å². The summed E-state index contributed by atoms with van der Waals surface area (Å²) in [7, 11) is 0. The van der Waals surface area contributed by atoms with Gasteiger partial charge in [0, 0.05) is 38.8 Å². The van der Waals surface area contributed by atoms with E-state index < -0.39 is 0 Å². The molecular formula is C20H33N5O2. The highest BCUT2D eigenvalue weighted by atomic mass is 16.5. The zero-order valence-corrected chi connectivity index (χ0v) is 16.4. The Balaban J connectivity index is 1.29. The molecule has 2 aliphatic heterocycles. The van der Waals surface area contributed by atoms with Crippen LogP contribution >= 0.6 is 0 Å². The van der Waals surface area contributed by atoms with E-state index in [0.717, 1.165) is 57.5 Å². The Kier molecular flexibility index (Phi) is 6.42. The van der Waals surface area contributed by atoms with Crippen molar-refractivity contribution in [3.8, 4) is 0 Å². The van der Waals surface area contributed by atoms with Gasteiger partial charge in [-0.05, 0) is 25.3 Å². The predicted molar refractivity (Wildman–Crippen MR) is 103 cm³/mol. The van der Waals surface area contributed by atoms with E-state index in [-0.39, 0.29) is 5.91 Å². The van der Waals surface area contributed by atoms with E-state index in [9.17, 15) is 4.79 Å². The van der Waals surface area contributed by atoms with Crippen LogP contribution in [0.5, 0.6) is 0 Å². The number of aryl methyl sites for hydroxylation is 1. The van der Waals surface area contributed by atoms with Crippen molar-refractivity contribution in [3.63, 3.8) is 0 Å². The predicted octanol–water partition coefficient (Wildman–Crippen LogP) is 1.37. The SMILES string of the molecule is O=C(CN1CCOCC1)NCc1cc2n(n1)CCCN(C1CCCCC1)C2. The van der Waals surface area contributed by atoms with Gasteiger partial charge in [-0.1, -0.05) is 19.3 Å². The summed E-state index contributed by atoms with van der Waals surface area (Å²) in [5.41, 5.74) is 2.28. The molecule has 1 saturated heterocycles. The molecule has 0 radical (unpaired) electrons. The van der Waals surface area contributed by atoms with Gasteiger partial charge in [0.25, 0.3) is 0 Å². The number of morpholine rings is 1. The standard InChI is InChI=1S/C20H33N5O2/c26-20(16-23-9-11-27-12-10-23)21-14-17-13-19-15-24(7-4-8-25(19)22-17)18-5-2-1-3-6-18/h13,18H,1-12,14-16H2,(H,21,26). The number of fused-ring (bicyclic) bond motifs is 1. The molecule has 27 heavy (non-hydrogen) atoms. The van der Waals surface area contributed by atoms with Gasteiger partial charge in [-0.15, -0.1) is 0 Å². The minimum absolute atomic E-state index is 0.0731. The molecule has 1 amide bonds. The molecule has 0 bridgehead atoms. The lowest BCUT2D eigenvalue weighted by atomic mass is 9.94. The Morgan fingerprint density at radius 3 is 2.74 bits per heavy atom. The van der Waals surface area contributed by atoms with E-state index in [1.165, 1.54) is 44.3 Å². The first-order valence-corrected chi connectivity index (χ1v) is 10.6. The number of hydrogen-bond donors (Lipinski definition) is 1. The van der Waals surface area contributed by atoms with Gasteiger partial charge in [-0.3, -0.25) is 19.3 Å².